The van der Waals surface area contributed by atoms with Crippen molar-refractivity contribution in [3.63, 3.8) is 0 Å². The third-order valence-electron chi connectivity index (χ3n) is 3.03. The van der Waals surface area contributed by atoms with Gasteiger partial charge >= 0.3 is 6.18 Å². The quantitative estimate of drug-likeness (QED) is 0.579. The van der Waals surface area contributed by atoms with Gasteiger partial charge in [0.05, 0.1) is 11.5 Å². The van der Waals surface area contributed by atoms with E-state index in [9.17, 15) is 21.6 Å². The van der Waals surface area contributed by atoms with Crippen LogP contribution in [0.5, 0.6) is 0 Å². The van der Waals surface area contributed by atoms with Crippen LogP contribution >= 0.6 is 0 Å². The van der Waals surface area contributed by atoms with E-state index in [1.165, 1.54) is 0 Å². The van der Waals surface area contributed by atoms with E-state index < -0.39 is 22.4 Å². The van der Waals surface area contributed by atoms with Crippen LogP contribution in [0.15, 0.2) is 0 Å². The number of alkyl halides is 3. The Bertz CT molecular complexity index is 343. The molecule has 0 aromatic carbocycles. The standard InChI is InChI=1S/C9H17F3N2O2S/c10-9(11,12)4-1-2-8(14-13)7-3-5-17(15,16)6-7/h7-8,14H,1-6,13H2. The van der Waals surface area contributed by atoms with Gasteiger partial charge < -0.3 is 0 Å². The number of halogens is 3. The Balaban J connectivity index is 2.39. The maximum Gasteiger partial charge on any atom is 0.389 e. The van der Waals surface area contributed by atoms with Crippen LogP contribution in [0, 0.1) is 5.92 Å². The van der Waals surface area contributed by atoms with Gasteiger partial charge in [0.2, 0.25) is 0 Å². The van der Waals surface area contributed by atoms with Crippen molar-refractivity contribution in [2.45, 2.75) is 37.9 Å². The highest BCUT2D eigenvalue weighted by Gasteiger charge is 2.34. The van der Waals surface area contributed by atoms with Crippen LogP contribution in [0.3, 0.4) is 0 Å². The van der Waals surface area contributed by atoms with Gasteiger partial charge in [0.15, 0.2) is 9.84 Å². The van der Waals surface area contributed by atoms with Gasteiger partial charge in [0, 0.05) is 12.5 Å². The average molecular weight is 274 g/mol. The van der Waals surface area contributed by atoms with Crippen LogP contribution in [0.1, 0.15) is 25.7 Å². The Morgan fingerprint density at radius 3 is 2.47 bits per heavy atom. The molecule has 4 nitrogen and oxygen atoms in total. The maximum atomic E-state index is 12.0. The minimum atomic E-state index is -4.17. The summed E-state index contributed by atoms with van der Waals surface area (Å²) in [4.78, 5) is 0. The molecule has 1 fully saturated rings. The highest BCUT2D eigenvalue weighted by atomic mass is 32.2. The van der Waals surface area contributed by atoms with Gasteiger partial charge in [-0.25, -0.2) is 8.42 Å². The van der Waals surface area contributed by atoms with Crippen molar-refractivity contribution in [2.75, 3.05) is 11.5 Å². The maximum absolute atomic E-state index is 12.0. The molecule has 0 aromatic heterocycles. The third kappa shape index (κ3) is 5.22. The summed E-state index contributed by atoms with van der Waals surface area (Å²) < 4.78 is 58.4. The van der Waals surface area contributed by atoms with E-state index in [0.29, 0.717) is 6.42 Å². The summed E-state index contributed by atoms with van der Waals surface area (Å²) >= 11 is 0. The second-order valence-electron chi connectivity index (χ2n) is 4.44. The molecule has 1 saturated heterocycles. The molecule has 1 aliphatic rings. The average Bonchev–Trinajstić information content (AvgIpc) is 2.52. The molecule has 2 unspecified atom stereocenters. The molecule has 1 rings (SSSR count). The van der Waals surface area contributed by atoms with Crippen molar-refractivity contribution in [2.24, 2.45) is 11.8 Å². The molecule has 0 saturated carbocycles. The summed E-state index contributed by atoms with van der Waals surface area (Å²) in [5.41, 5.74) is 2.44. The monoisotopic (exact) mass is 274 g/mol. The van der Waals surface area contributed by atoms with Gasteiger partial charge in [0.1, 0.15) is 0 Å². The van der Waals surface area contributed by atoms with Gasteiger partial charge in [-0.3, -0.25) is 11.3 Å². The van der Waals surface area contributed by atoms with Crippen LogP contribution in [0.4, 0.5) is 13.2 Å². The van der Waals surface area contributed by atoms with Crippen LogP contribution in [-0.4, -0.2) is 32.1 Å². The Kier molecular flexibility index (Phi) is 4.79. The van der Waals surface area contributed by atoms with Crippen LogP contribution in [0.25, 0.3) is 0 Å². The summed E-state index contributed by atoms with van der Waals surface area (Å²) in [5.74, 6) is 5.22. The molecule has 0 amide bonds. The minimum absolute atomic E-state index is 0.0217. The predicted molar refractivity (Wildman–Crippen MR) is 57.8 cm³/mol. The Labute approximate surface area is 98.6 Å². The summed E-state index contributed by atoms with van der Waals surface area (Å²) in [6.45, 7) is 0. The van der Waals surface area contributed by atoms with E-state index in [2.05, 4.69) is 5.43 Å². The van der Waals surface area contributed by atoms with E-state index in [4.69, 9.17) is 5.84 Å². The molecule has 17 heavy (non-hydrogen) atoms. The number of hydrazine groups is 1. The van der Waals surface area contributed by atoms with E-state index in [1.807, 2.05) is 0 Å². The molecule has 3 N–H and O–H groups in total. The molecule has 1 aliphatic heterocycles. The summed E-state index contributed by atoms with van der Waals surface area (Å²) in [6, 6.07) is -0.352. The number of nitrogens with one attached hydrogen (secondary N) is 1. The largest absolute Gasteiger partial charge is 0.389 e. The molecule has 1 heterocycles. The fourth-order valence-electron chi connectivity index (χ4n) is 2.12. The van der Waals surface area contributed by atoms with Crippen molar-refractivity contribution >= 4 is 9.84 Å². The lowest BCUT2D eigenvalue weighted by atomic mass is 9.95. The molecule has 8 heteroatoms. The van der Waals surface area contributed by atoms with Crippen molar-refractivity contribution in [3.8, 4) is 0 Å². The lowest BCUT2D eigenvalue weighted by Crippen LogP contribution is -2.41. The van der Waals surface area contributed by atoms with Gasteiger partial charge in [-0.2, -0.15) is 13.2 Å². The molecular weight excluding hydrogens is 257 g/mol. The van der Waals surface area contributed by atoms with Crippen molar-refractivity contribution in [3.05, 3.63) is 0 Å². The molecule has 0 aliphatic carbocycles. The van der Waals surface area contributed by atoms with E-state index in [0.717, 1.165) is 0 Å². The highest BCUT2D eigenvalue weighted by molar-refractivity contribution is 7.91. The normalized spacial score (nSPS) is 26.0. The first-order valence-electron chi connectivity index (χ1n) is 5.47. The van der Waals surface area contributed by atoms with E-state index in [-0.39, 0.29) is 36.3 Å². The molecule has 102 valence electrons. The lowest BCUT2D eigenvalue weighted by molar-refractivity contribution is -0.136. The predicted octanol–water partition coefficient (Wildman–Crippen LogP) is 0.986. The zero-order valence-electron chi connectivity index (χ0n) is 9.33. The fourth-order valence-corrected chi connectivity index (χ4v) is 4.00. The van der Waals surface area contributed by atoms with Gasteiger partial charge in [-0.1, -0.05) is 0 Å². The van der Waals surface area contributed by atoms with Crippen LogP contribution in [-0.2, 0) is 9.84 Å². The van der Waals surface area contributed by atoms with Crippen molar-refractivity contribution < 1.29 is 21.6 Å². The number of hydrogen-bond acceptors (Lipinski definition) is 4. The molecule has 2 atom stereocenters. The van der Waals surface area contributed by atoms with Gasteiger partial charge in [-0.05, 0) is 25.2 Å². The van der Waals surface area contributed by atoms with Crippen LogP contribution < -0.4 is 11.3 Å². The Hall–Kier alpha value is -0.340. The second-order valence-corrected chi connectivity index (χ2v) is 6.67. The van der Waals surface area contributed by atoms with Crippen LogP contribution in [0.2, 0.25) is 0 Å². The Morgan fingerprint density at radius 1 is 1.41 bits per heavy atom. The smallest absolute Gasteiger partial charge is 0.271 e. The second kappa shape index (κ2) is 5.53. The molecule has 0 aromatic rings. The molecular formula is C9H17F3N2O2S. The number of sulfone groups is 1. The molecule has 0 bridgehead atoms. The van der Waals surface area contributed by atoms with Gasteiger partial charge in [-0.15, -0.1) is 0 Å². The van der Waals surface area contributed by atoms with E-state index in [1.54, 1.807) is 0 Å². The number of nitrogens with two attached hydrogens (primary N) is 1. The number of rotatable bonds is 5. The summed E-state index contributed by atoms with van der Waals surface area (Å²) in [5, 5.41) is 0. The van der Waals surface area contributed by atoms with Crippen molar-refractivity contribution in [1.29, 1.82) is 0 Å². The van der Waals surface area contributed by atoms with Crippen molar-refractivity contribution in [1.82, 2.24) is 5.43 Å². The lowest BCUT2D eigenvalue weighted by Gasteiger charge is -2.21. The fraction of sp³-hybridized carbons (Fsp3) is 1.00. The zero-order valence-corrected chi connectivity index (χ0v) is 10.1. The first kappa shape index (κ1) is 14.7. The first-order chi connectivity index (χ1) is 7.73. The SMILES string of the molecule is NNC(CCCC(F)(F)F)C1CCS(=O)(=O)C1. The number of hydrogen-bond donors (Lipinski definition) is 2. The highest BCUT2D eigenvalue weighted by Crippen LogP contribution is 2.27. The third-order valence-corrected chi connectivity index (χ3v) is 4.82. The topological polar surface area (TPSA) is 72.2 Å². The molecule has 0 spiro atoms. The summed E-state index contributed by atoms with van der Waals surface area (Å²) in [7, 11) is -3.02. The Morgan fingerprint density at radius 2 is 2.06 bits per heavy atom. The van der Waals surface area contributed by atoms with E-state index >= 15 is 0 Å². The van der Waals surface area contributed by atoms with Gasteiger partial charge in [0.25, 0.3) is 0 Å². The zero-order chi connectivity index (χ0) is 13.1. The summed E-state index contributed by atoms with van der Waals surface area (Å²) in [6.07, 6.45) is -4.33. The minimum Gasteiger partial charge on any atom is -0.271 e. The molecule has 0 radical (unpaired) electrons. The first-order valence-corrected chi connectivity index (χ1v) is 7.29.